The van der Waals surface area contributed by atoms with Crippen molar-refractivity contribution in [3.05, 3.63) is 90.5 Å². The second kappa shape index (κ2) is 13.8. The van der Waals surface area contributed by atoms with E-state index in [-0.39, 0.29) is 11.9 Å². The van der Waals surface area contributed by atoms with Crippen molar-refractivity contribution in [2.24, 2.45) is 0 Å². The van der Waals surface area contributed by atoms with Gasteiger partial charge in [0.05, 0.1) is 11.3 Å². The molecular weight excluding hydrogens is 516 g/mol. The molecule has 1 amide bonds. The Morgan fingerprint density at radius 2 is 1.95 bits per heavy atom. The van der Waals surface area contributed by atoms with Crippen LogP contribution >= 0.6 is 0 Å². The van der Waals surface area contributed by atoms with Gasteiger partial charge in [0.15, 0.2) is 0 Å². The van der Waals surface area contributed by atoms with Crippen LogP contribution in [0.25, 0.3) is 17.0 Å². The van der Waals surface area contributed by atoms with Crippen molar-refractivity contribution in [3.8, 4) is 11.5 Å². The van der Waals surface area contributed by atoms with Gasteiger partial charge in [0.1, 0.15) is 0 Å². The third-order valence-electron chi connectivity index (χ3n) is 6.72. The molecule has 0 spiro atoms. The largest absolute Gasteiger partial charge is 0.415 e. The summed E-state index contributed by atoms with van der Waals surface area (Å²) >= 11 is 0. The fourth-order valence-electron chi connectivity index (χ4n) is 4.63. The monoisotopic (exact) mass is 549 g/mol. The van der Waals surface area contributed by atoms with Crippen molar-refractivity contribution in [3.63, 3.8) is 0 Å². The Morgan fingerprint density at radius 3 is 2.55 bits per heavy atom. The van der Waals surface area contributed by atoms with E-state index in [1.807, 2.05) is 36.2 Å². The van der Waals surface area contributed by atoms with Crippen molar-refractivity contribution < 1.29 is 18.0 Å². The first-order chi connectivity index (χ1) is 19.4. The van der Waals surface area contributed by atoms with Gasteiger partial charge < -0.3 is 14.2 Å². The Balaban J connectivity index is 1.55. The highest BCUT2D eigenvalue weighted by atomic mass is 19.3. The minimum absolute atomic E-state index is 0.00896. The summed E-state index contributed by atoms with van der Waals surface area (Å²) in [4.78, 5) is 27.3. The summed E-state index contributed by atoms with van der Waals surface area (Å²) < 4.78 is 30.6. The highest BCUT2D eigenvalue weighted by molar-refractivity contribution is 5.76. The molecule has 0 unspecified atom stereocenters. The van der Waals surface area contributed by atoms with E-state index in [4.69, 9.17) is 4.42 Å². The van der Waals surface area contributed by atoms with Crippen LogP contribution < -0.4 is 0 Å². The molecule has 11 heteroatoms. The van der Waals surface area contributed by atoms with Gasteiger partial charge in [-0.05, 0) is 81.5 Å². The van der Waals surface area contributed by atoms with Gasteiger partial charge in [-0.2, -0.15) is 8.78 Å². The number of hydrogen-bond acceptors (Lipinski definition) is 8. The summed E-state index contributed by atoms with van der Waals surface area (Å²) in [7, 11) is 4.05. The predicted molar refractivity (Wildman–Crippen MR) is 148 cm³/mol. The Kier molecular flexibility index (Phi) is 9.98. The summed E-state index contributed by atoms with van der Waals surface area (Å²) in [6, 6.07) is 7.44. The minimum Gasteiger partial charge on any atom is -0.415 e. The highest BCUT2D eigenvalue weighted by Gasteiger charge is 2.26. The number of allylic oxidation sites excluding steroid dienone is 4. The topological polar surface area (TPSA) is 91.5 Å². The maximum atomic E-state index is 12.8. The van der Waals surface area contributed by atoms with Gasteiger partial charge in [0.25, 0.3) is 5.89 Å². The molecule has 9 nitrogen and oxygen atoms in total. The standard InChI is InChI=1S/C29H33F2N7O2/c1-4-5-22(21-8-12-32-13-9-21)16-26(38(20-39)25-10-14-36(2)15-11-25)19-37(3)18-24-7-6-23(17-33-24)28-34-35-29(40-28)27(30)31/h4-9,12-13,16-17,20,25,27H,1,10-11,14-15,18-19H2,2-3H3/b22-5+,26-16+. The maximum Gasteiger partial charge on any atom is 0.314 e. The number of amides is 1. The molecule has 1 aliphatic rings. The SMILES string of the molecule is C=C/C=C(\C=C(/CN(C)Cc1ccc(-c2nnc(C(F)F)o2)cn1)N(C=O)C1CCN(C)CC1)c1ccncc1. The van der Waals surface area contributed by atoms with E-state index in [1.54, 1.807) is 30.6 Å². The molecule has 1 fully saturated rings. The summed E-state index contributed by atoms with van der Waals surface area (Å²) in [5, 5.41) is 7.03. The Bertz CT molecular complexity index is 1320. The number of nitrogens with zero attached hydrogens (tertiary/aromatic N) is 7. The van der Waals surface area contributed by atoms with E-state index in [0.717, 1.165) is 54.9 Å². The van der Waals surface area contributed by atoms with Crippen LogP contribution in [0.1, 0.15) is 36.4 Å². The zero-order chi connectivity index (χ0) is 28.5. The predicted octanol–water partition coefficient (Wildman–Crippen LogP) is 4.60. The second-order valence-electron chi connectivity index (χ2n) is 9.73. The van der Waals surface area contributed by atoms with Crippen molar-refractivity contribution >= 4 is 12.0 Å². The van der Waals surface area contributed by atoms with Crippen LogP contribution in [-0.4, -0.2) is 81.0 Å². The van der Waals surface area contributed by atoms with Crippen LogP contribution in [0.2, 0.25) is 0 Å². The summed E-state index contributed by atoms with van der Waals surface area (Å²) in [5.41, 5.74) is 3.96. The lowest BCUT2D eigenvalue weighted by Crippen LogP contribution is -2.44. The van der Waals surface area contributed by atoms with Gasteiger partial charge >= 0.3 is 6.43 Å². The number of piperidine rings is 1. The zero-order valence-electron chi connectivity index (χ0n) is 22.7. The van der Waals surface area contributed by atoms with Crippen molar-refractivity contribution in [1.82, 2.24) is 34.9 Å². The average molecular weight is 550 g/mol. The quantitative estimate of drug-likeness (QED) is 0.239. The number of rotatable bonds is 12. The van der Waals surface area contributed by atoms with Crippen LogP contribution in [0, 0.1) is 0 Å². The molecule has 0 aromatic carbocycles. The molecular formula is C29H33F2N7O2. The molecule has 210 valence electrons. The summed E-state index contributed by atoms with van der Waals surface area (Å²) in [6.07, 6.45) is 10.5. The fraction of sp³-hybridized carbons (Fsp3) is 0.345. The Hall–Kier alpha value is -4.09. The normalized spacial score (nSPS) is 15.6. The van der Waals surface area contributed by atoms with Crippen LogP contribution in [0.5, 0.6) is 0 Å². The van der Waals surface area contributed by atoms with E-state index in [1.165, 1.54) is 6.20 Å². The molecule has 1 aliphatic heterocycles. The van der Waals surface area contributed by atoms with Crippen LogP contribution in [0.4, 0.5) is 8.78 Å². The molecule has 3 aromatic heterocycles. The first kappa shape index (κ1) is 28.9. The van der Waals surface area contributed by atoms with E-state index in [9.17, 15) is 13.6 Å². The second-order valence-corrected chi connectivity index (χ2v) is 9.73. The number of likely N-dealkylation sites (N-methyl/N-ethyl adjacent to an activating group) is 1. The molecule has 4 rings (SSSR count). The van der Waals surface area contributed by atoms with Gasteiger partial charge in [0, 0.05) is 43.4 Å². The third-order valence-corrected chi connectivity index (χ3v) is 6.72. The fourth-order valence-corrected chi connectivity index (χ4v) is 4.63. The molecule has 3 aromatic rings. The van der Waals surface area contributed by atoms with Crippen LogP contribution in [0.3, 0.4) is 0 Å². The maximum absolute atomic E-state index is 12.8. The molecule has 0 bridgehead atoms. The van der Waals surface area contributed by atoms with Gasteiger partial charge in [-0.3, -0.25) is 19.7 Å². The lowest BCUT2D eigenvalue weighted by Gasteiger charge is -2.37. The Labute approximate surface area is 232 Å². The van der Waals surface area contributed by atoms with Crippen LogP contribution in [-0.2, 0) is 11.3 Å². The number of carbonyl (C=O) groups is 1. The Morgan fingerprint density at radius 1 is 1.20 bits per heavy atom. The lowest BCUT2D eigenvalue weighted by atomic mass is 10.0. The molecule has 4 heterocycles. The van der Waals surface area contributed by atoms with Crippen LogP contribution in [0.15, 0.2) is 77.8 Å². The number of alkyl halides is 2. The number of aromatic nitrogens is 4. The molecule has 1 saturated heterocycles. The number of hydrogen-bond donors (Lipinski definition) is 0. The first-order valence-corrected chi connectivity index (χ1v) is 13.0. The summed E-state index contributed by atoms with van der Waals surface area (Å²) in [6.45, 7) is 6.69. The van der Waals surface area contributed by atoms with Gasteiger partial charge in [-0.1, -0.05) is 18.7 Å². The number of halogens is 2. The molecule has 0 saturated carbocycles. The number of pyridine rings is 2. The van der Waals surface area contributed by atoms with E-state index in [2.05, 4.69) is 43.6 Å². The van der Waals surface area contributed by atoms with Gasteiger partial charge in [-0.25, -0.2) is 0 Å². The molecule has 0 aliphatic carbocycles. The van der Waals surface area contributed by atoms with E-state index in [0.29, 0.717) is 18.7 Å². The smallest absolute Gasteiger partial charge is 0.314 e. The molecule has 40 heavy (non-hydrogen) atoms. The van der Waals surface area contributed by atoms with E-state index < -0.39 is 12.3 Å². The first-order valence-electron chi connectivity index (χ1n) is 13.0. The van der Waals surface area contributed by atoms with Crippen molar-refractivity contribution in [1.29, 1.82) is 0 Å². The number of likely N-dealkylation sites (tertiary alicyclic amines) is 1. The molecule has 0 N–H and O–H groups in total. The van der Waals surface area contributed by atoms with Crippen molar-refractivity contribution in [2.45, 2.75) is 31.9 Å². The molecule has 0 atom stereocenters. The number of carbonyl (C=O) groups excluding carboxylic acids is 1. The average Bonchev–Trinajstić information content (AvgIpc) is 3.46. The summed E-state index contributed by atoms with van der Waals surface area (Å²) in [5.74, 6) is -0.732. The minimum atomic E-state index is -2.83. The van der Waals surface area contributed by atoms with Crippen molar-refractivity contribution in [2.75, 3.05) is 33.7 Å². The van der Waals surface area contributed by atoms with Gasteiger partial charge in [-0.15, -0.1) is 10.2 Å². The van der Waals surface area contributed by atoms with E-state index >= 15 is 0 Å². The van der Waals surface area contributed by atoms with Gasteiger partial charge in [0.2, 0.25) is 12.3 Å². The zero-order valence-corrected chi connectivity index (χ0v) is 22.7. The lowest BCUT2D eigenvalue weighted by molar-refractivity contribution is -0.119. The molecule has 0 radical (unpaired) electrons. The highest BCUT2D eigenvalue weighted by Crippen LogP contribution is 2.25. The third kappa shape index (κ3) is 7.51.